The zero-order valence-corrected chi connectivity index (χ0v) is 13.8. The summed E-state index contributed by atoms with van der Waals surface area (Å²) in [5.74, 6) is 0.785. The summed E-state index contributed by atoms with van der Waals surface area (Å²) in [6.07, 6.45) is 8.07. The van der Waals surface area contributed by atoms with Crippen LogP contribution in [0.4, 0.5) is 0 Å². The summed E-state index contributed by atoms with van der Waals surface area (Å²) in [6, 6.07) is 10.0. The molecule has 0 spiro atoms. The van der Waals surface area contributed by atoms with Gasteiger partial charge in [0.15, 0.2) is 5.82 Å². The van der Waals surface area contributed by atoms with Gasteiger partial charge in [0.05, 0.1) is 0 Å². The van der Waals surface area contributed by atoms with Gasteiger partial charge in [0.25, 0.3) is 0 Å². The minimum Gasteiger partial charge on any atom is -0.370 e. The lowest BCUT2D eigenvalue weighted by atomic mass is 10.1. The van der Waals surface area contributed by atoms with E-state index in [1.807, 2.05) is 30.3 Å². The molecule has 24 heavy (non-hydrogen) atoms. The summed E-state index contributed by atoms with van der Waals surface area (Å²) in [6.45, 7) is 1.24. The largest absolute Gasteiger partial charge is 0.370 e. The van der Waals surface area contributed by atoms with Gasteiger partial charge in [-0.15, -0.1) is 0 Å². The number of ether oxygens (including phenoxy) is 1. The van der Waals surface area contributed by atoms with E-state index in [4.69, 9.17) is 4.74 Å². The van der Waals surface area contributed by atoms with E-state index < -0.39 is 0 Å². The van der Waals surface area contributed by atoms with E-state index in [1.165, 1.54) is 5.56 Å². The number of aromatic nitrogens is 2. The smallest absolute Gasteiger partial charge is 0.220 e. The molecule has 0 unspecified atom stereocenters. The summed E-state index contributed by atoms with van der Waals surface area (Å²) < 4.78 is 5.68. The molecule has 5 heteroatoms. The van der Waals surface area contributed by atoms with Crippen LogP contribution in [-0.2, 0) is 22.5 Å². The highest BCUT2D eigenvalue weighted by atomic mass is 16.5. The van der Waals surface area contributed by atoms with Crippen LogP contribution in [0.2, 0.25) is 0 Å². The number of amides is 1. The highest BCUT2D eigenvalue weighted by Gasteiger charge is 2.18. The molecule has 1 N–H and O–H groups in total. The standard InChI is InChI=1S/C19H23N3O2/c23-18(10-9-15-6-2-1-3-7-15)20-12-16-13-21-19(22-14-16)17-8-4-5-11-24-17/h1-3,6-7,13-14,17H,4-5,8-12H2,(H,20,23)/t17-/m1/s1. The molecule has 1 amide bonds. The number of carbonyl (C=O) groups is 1. The van der Waals surface area contributed by atoms with Crippen molar-refractivity contribution in [2.24, 2.45) is 0 Å². The van der Waals surface area contributed by atoms with Crippen molar-refractivity contribution in [1.29, 1.82) is 0 Å². The zero-order valence-electron chi connectivity index (χ0n) is 13.8. The molecule has 2 aromatic rings. The quantitative estimate of drug-likeness (QED) is 0.887. The minimum atomic E-state index is 0.0215. The van der Waals surface area contributed by atoms with Gasteiger partial charge in [0, 0.05) is 37.5 Å². The molecule has 2 heterocycles. The summed E-state index contributed by atoms with van der Waals surface area (Å²) in [4.78, 5) is 20.7. The fourth-order valence-corrected chi connectivity index (χ4v) is 2.76. The van der Waals surface area contributed by atoms with Crippen LogP contribution in [0.3, 0.4) is 0 Å². The lowest BCUT2D eigenvalue weighted by molar-refractivity contribution is -0.121. The molecule has 0 radical (unpaired) electrons. The molecule has 0 bridgehead atoms. The average molecular weight is 325 g/mol. The Morgan fingerprint density at radius 2 is 1.92 bits per heavy atom. The van der Waals surface area contributed by atoms with Crippen LogP contribution in [0, 0.1) is 0 Å². The second-order valence-corrected chi connectivity index (χ2v) is 6.07. The van der Waals surface area contributed by atoms with Gasteiger partial charge in [-0.25, -0.2) is 9.97 Å². The van der Waals surface area contributed by atoms with E-state index in [0.29, 0.717) is 13.0 Å². The Morgan fingerprint density at radius 3 is 2.62 bits per heavy atom. The van der Waals surface area contributed by atoms with Gasteiger partial charge in [0.1, 0.15) is 6.10 Å². The number of hydrogen-bond donors (Lipinski definition) is 1. The maximum atomic E-state index is 11.9. The van der Waals surface area contributed by atoms with Crippen LogP contribution < -0.4 is 5.32 Å². The molecule has 1 atom stereocenters. The van der Waals surface area contributed by atoms with Gasteiger partial charge in [-0.05, 0) is 31.2 Å². The van der Waals surface area contributed by atoms with Gasteiger partial charge in [0.2, 0.25) is 5.91 Å². The molecule has 1 fully saturated rings. The molecule has 5 nitrogen and oxygen atoms in total. The van der Waals surface area contributed by atoms with Crippen molar-refractivity contribution in [3.63, 3.8) is 0 Å². The normalized spacial score (nSPS) is 17.4. The lowest BCUT2D eigenvalue weighted by Gasteiger charge is -2.21. The third kappa shape index (κ3) is 4.86. The topological polar surface area (TPSA) is 64.1 Å². The molecule has 126 valence electrons. The molecule has 1 saturated heterocycles. The predicted octanol–water partition coefficient (Wildman–Crippen LogP) is 2.97. The summed E-state index contributed by atoms with van der Waals surface area (Å²) in [5, 5.41) is 2.92. The van der Waals surface area contributed by atoms with E-state index in [9.17, 15) is 4.79 Å². The van der Waals surface area contributed by atoms with Gasteiger partial charge in [-0.2, -0.15) is 0 Å². The lowest BCUT2D eigenvalue weighted by Crippen LogP contribution is -2.23. The third-order valence-corrected chi connectivity index (χ3v) is 4.17. The summed E-state index contributed by atoms with van der Waals surface area (Å²) >= 11 is 0. The van der Waals surface area contributed by atoms with Crippen LogP contribution in [0.1, 0.15) is 48.7 Å². The number of nitrogens with one attached hydrogen (secondary N) is 1. The van der Waals surface area contributed by atoms with Crippen molar-refractivity contribution < 1.29 is 9.53 Å². The Morgan fingerprint density at radius 1 is 1.12 bits per heavy atom. The van der Waals surface area contributed by atoms with Crippen molar-refractivity contribution >= 4 is 5.91 Å². The van der Waals surface area contributed by atoms with Crippen LogP contribution in [0.25, 0.3) is 0 Å². The average Bonchev–Trinajstić information content (AvgIpc) is 2.67. The molecule has 1 aromatic heterocycles. The number of aryl methyl sites for hydroxylation is 1. The van der Waals surface area contributed by atoms with E-state index in [0.717, 1.165) is 43.7 Å². The molecule has 0 saturated carbocycles. The van der Waals surface area contributed by atoms with Crippen molar-refractivity contribution in [1.82, 2.24) is 15.3 Å². The number of carbonyl (C=O) groups excluding carboxylic acids is 1. The van der Waals surface area contributed by atoms with Gasteiger partial charge < -0.3 is 10.1 Å². The third-order valence-electron chi connectivity index (χ3n) is 4.17. The Bertz CT molecular complexity index is 637. The minimum absolute atomic E-state index is 0.0215. The Hall–Kier alpha value is -2.27. The Balaban J connectivity index is 1.43. The van der Waals surface area contributed by atoms with Gasteiger partial charge in [-0.1, -0.05) is 30.3 Å². The first-order valence-electron chi connectivity index (χ1n) is 8.54. The zero-order chi connectivity index (χ0) is 16.6. The van der Waals surface area contributed by atoms with E-state index >= 15 is 0 Å². The monoisotopic (exact) mass is 325 g/mol. The Kier molecular flexibility index (Phi) is 5.90. The van der Waals surface area contributed by atoms with E-state index in [-0.39, 0.29) is 12.0 Å². The van der Waals surface area contributed by atoms with Crippen LogP contribution in [-0.4, -0.2) is 22.5 Å². The fraction of sp³-hybridized carbons (Fsp3) is 0.421. The maximum Gasteiger partial charge on any atom is 0.220 e. The first-order chi connectivity index (χ1) is 11.8. The number of benzene rings is 1. The first-order valence-corrected chi connectivity index (χ1v) is 8.54. The molecule has 1 aromatic carbocycles. The predicted molar refractivity (Wildman–Crippen MR) is 91.2 cm³/mol. The first kappa shape index (κ1) is 16.6. The van der Waals surface area contributed by atoms with E-state index in [1.54, 1.807) is 12.4 Å². The van der Waals surface area contributed by atoms with Gasteiger partial charge in [-0.3, -0.25) is 4.79 Å². The van der Waals surface area contributed by atoms with Crippen LogP contribution >= 0.6 is 0 Å². The molecule has 1 aliphatic heterocycles. The summed E-state index contributed by atoms with van der Waals surface area (Å²) in [7, 11) is 0. The fourth-order valence-electron chi connectivity index (χ4n) is 2.76. The SMILES string of the molecule is O=C(CCc1ccccc1)NCc1cnc([C@H]2CCCCO2)nc1. The Labute approximate surface area is 142 Å². The van der Waals surface area contributed by atoms with E-state index in [2.05, 4.69) is 15.3 Å². The van der Waals surface area contributed by atoms with Crippen molar-refractivity contribution in [2.45, 2.75) is 44.8 Å². The second-order valence-electron chi connectivity index (χ2n) is 6.07. The van der Waals surface area contributed by atoms with Crippen molar-refractivity contribution in [3.05, 3.63) is 59.7 Å². The van der Waals surface area contributed by atoms with Crippen molar-refractivity contribution in [3.8, 4) is 0 Å². The highest BCUT2D eigenvalue weighted by Crippen LogP contribution is 2.24. The molecule has 3 rings (SSSR count). The number of nitrogens with zero attached hydrogens (tertiary/aromatic N) is 2. The molecular weight excluding hydrogens is 302 g/mol. The second kappa shape index (κ2) is 8.55. The number of hydrogen-bond acceptors (Lipinski definition) is 4. The van der Waals surface area contributed by atoms with Crippen molar-refractivity contribution in [2.75, 3.05) is 6.61 Å². The molecule has 0 aliphatic carbocycles. The molecular formula is C19H23N3O2. The van der Waals surface area contributed by atoms with Crippen LogP contribution in [0.15, 0.2) is 42.7 Å². The van der Waals surface area contributed by atoms with Crippen LogP contribution in [0.5, 0.6) is 0 Å². The summed E-state index contributed by atoms with van der Waals surface area (Å²) in [5.41, 5.74) is 2.08. The maximum absolute atomic E-state index is 11.9. The number of rotatable bonds is 6. The molecule has 1 aliphatic rings. The van der Waals surface area contributed by atoms with Gasteiger partial charge >= 0.3 is 0 Å². The highest BCUT2D eigenvalue weighted by molar-refractivity contribution is 5.76.